The van der Waals surface area contributed by atoms with Crippen LogP contribution in [-0.2, 0) is 6.42 Å². The Morgan fingerprint density at radius 2 is 1.64 bits per heavy atom. The van der Waals surface area contributed by atoms with Gasteiger partial charge in [-0.1, -0.05) is 31.0 Å². The highest BCUT2D eigenvalue weighted by atomic mass is 16.3. The zero-order valence-corrected chi connectivity index (χ0v) is 16.8. The molecule has 1 saturated carbocycles. The molecule has 2 aliphatic heterocycles. The van der Waals surface area contributed by atoms with E-state index in [2.05, 4.69) is 39.0 Å². The molecule has 2 atom stereocenters. The molecule has 3 aliphatic rings. The van der Waals surface area contributed by atoms with Gasteiger partial charge in [-0.25, -0.2) is 0 Å². The van der Waals surface area contributed by atoms with Gasteiger partial charge in [-0.3, -0.25) is 9.88 Å². The van der Waals surface area contributed by atoms with Crippen molar-refractivity contribution in [3.05, 3.63) is 42.1 Å². The van der Waals surface area contributed by atoms with Crippen LogP contribution in [0.15, 0.2) is 36.5 Å². The number of aromatic nitrogens is 1. The average Bonchev–Trinajstić information content (AvgIpc) is 3.39. The molecule has 1 aromatic carbocycles. The summed E-state index contributed by atoms with van der Waals surface area (Å²) in [6, 6.07) is 12.0. The van der Waals surface area contributed by atoms with Crippen molar-refractivity contribution in [3.63, 3.8) is 0 Å². The lowest BCUT2D eigenvalue weighted by Crippen LogP contribution is -2.47. The summed E-state index contributed by atoms with van der Waals surface area (Å²) in [7, 11) is 0. The first kappa shape index (κ1) is 18.5. The molecule has 1 aromatic heterocycles. The summed E-state index contributed by atoms with van der Waals surface area (Å²) in [4.78, 5) is 9.82. The number of piperidine rings is 1. The van der Waals surface area contributed by atoms with Crippen LogP contribution in [0.3, 0.4) is 0 Å². The summed E-state index contributed by atoms with van der Waals surface area (Å²) in [5.41, 5.74) is 2.39. The summed E-state index contributed by atoms with van der Waals surface area (Å²) < 4.78 is 0. The highest BCUT2D eigenvalue weighted by Crippen LogP contribution is 2.31. The standard InChI is InChI=1S/C24H33N3O/c28-24-17-27(21-10-13-26(14-11-21)20-5-1-2-6-20)16-19(24)15-18-9-12-25-23-8-4-3-7-22(18)23/h3-4,7-9,12,19-21,24,28H,1-2,5-6,10-11,13-17H2/t19-,24-/m1/s1. The van der Waals surface area contributed by atoms with Crippen molar-refractivity contribution in [2.45, 2.75) is 63.1 Å². The quantitative estimate of drug-likeness (QED) is 0.883. The molecule has 28 heavy (non-hydrogen) atoms. The molecule has 0 amide bonds. The van der Waals surface area contributed by atoms with E-state index in [0.717, 1.165) is 31.1 Å². The minimum Gasteiger partial charge on any atom is -0.391 e. The molecule has 4 heteroatoms. The van der Waals surface area contributed by atoms with Gasteiger partial charge in [-0.15, -0.1) is 0 Å². The number of β-amino-alcohol motifs (C(OH)–C–C–N with tert-alkyl or cyclic N) is 1. The minimum atomic E-state index is -0.209. The molecule has 5 rings (SSSR count). The van der Waals surface area contributed by atoms with Gasteiger partial charge in [0.1, 0.15) is 0 Å². The van der Waals surface area contributed by atoms with E-state index in [1.54, 1.807) is 0 Å². The van der Waals surface area contributed by atoms with Crippen molar-refractivity contribution in [3.8, 4) is 0 Å². The molecule has 0 radical (unpaired) electrons. The van der Waals surface area contributed by atoms with Gasteiger partial charge < -0.3 is 10.0 Å². The number of benzene rings is 1. The van der Waals surface area contributed by atoms with E-state index >= 15 is 0 Å². The Morgan fingerprint density at radius 3 is 2.46 bits per heavy atom. The zero-order valence-electron chi connectivity index (χ0n) is 16.8. The number of fused-ring (bicyclic) bond motifs is 1. The smallest absolute Gasteiger partial charge is 0.0710 e. The van der Waals surface area contributed by atoms with Crippen LogP contribution in [0.2, 0.25) is 0 Å². The first-order chi connectivity index (χ1) is 13.8. The lowest BCUT2D eigenvalue weighted by Gasteiger charge is -2.39. The summed E-state index contributed by atoms with van der Waals surface area (Å²) in [6.45, 7) is 4.39. The summed E-state index contributed by atoms with van der Waals surface area (Å²) in [6.07, 6.45) is 10.9. The highest BCUT2D eigenvalue weighted by molar-refractivity contribution is 5.81. The van der Waals surface area contributed by atoms with Gasteiger partial charge in [0, 0.05) is 42.7 Å². The van der Waals surface area contributed by atoms with Gasteiger partial charge in [0.05, 0.1) is 11.6 Å². The molecule has 4 nitrogen and oxygen atoms in total. The number of hydrogen-bond acceptors (Lipinski definition) is 4. The number of para-hydroxylation sites is 1. The SMILES string of the molecule is O[C@@H]1CN(C2CCN(C3CCCC3)CC2)C[C@H]1Cc1ccnc2ccccc12. The van der Waals surface area contributed by atoms with Crippen LogP contribution in [-0.4, -0.2) is 64.3 Å². The number of pyridine rings is 1. The number of aliphatic hydroxyl groups is 1. The van der Waals surface area contributed by atoms with Crippen LogP contribution >= 0.6 is 0 Å². The Morgan fingerprint density at radius 1 is 0.893 bits per heavy atom. The summed E-state index contributed by atoms with van der Waals surface area (Å²) in [5.74, 6) is 0.332. The topological polar surface area (TPSA) is 39.6 Å². The van der Waals surface area contributed by atoms with Crippen molar-refractivity contribution in [1.82, 2.24) is 14.8 Å². The van der Waals surface area contributed by atoms with Crippen LogP contribution in [0.5, 0.6) is 0 Å². The van der Waals surface area contributed by atoms with Crippen molar-refractivity contribution in [1.29, 1.82) is 0 Å². The van der Waals surface area contributed by atoms with Gasteiger partial charge in [-0.2, -0.15) is 0 Å². The van der Waals surface area contributed by atoms with Gasteiger partial charge >= 0.3 is 0 Å². The Balaban J connectivity index is 1.21. The molecule has 0 spiro atoms. The van der Waals surface area contributed by atoms with Crippen LogP contribution in [0, 0.1) is 5.92 Å². The summed E-state index contributed by atoms with van der Waals surface area (Å²) >= 11 is 0. The van der Waals surface area contributed by atoms with E-state index in [1.807, 2.05) is 12.3 Å². The van der Waals surface area contributed by atoms with Gasteiger partial charge in [0.15, 0.2) is 0 Å². The third kappa shape index (κ3) is 3.70. The van der Waals surface area contributed by atoms with Crippen LogP contribution in [0.25, 0.3) is 10.9 Å². The van der Waals surface area contributed by atoms with Gasteiger partial charge in [-0.05, 0) is 62.9 Å². The van der Waals surface area contributed by atoms with Crippen molar-refractivity contribution in [2.24, 2.45) is 5.92 Å². The van der Waals surface area contributed by atoms with Crippen molar-refractivity contribution < 1.29 is 5.11 Å². The average molecular weight is 380 g/mol. The van der Waals surface area contributed by atoms with E-state index in [0.29, 0.717) is 12.0 Å². The molecule has 2 aromatic rings. The zero-order chi connectivity index (χ0) is 18.9. The van der Waals surface area contributed by atoms with E-state index < -0.39 is 0 Å². The fraction of sp³-hybridized carbons (Fsp3) is 0.625. The second kappa shape index (κ2) is 8.10. The maximum Gasteiger partial charge on any atom is 0.0710 e. The van der Waals surface area contributed by atoms with E-state index in [1.165, 1.54) is 62.6 Å². The Kier molecular flexibility index (Phi) is 5.36. The van der Waals surface area contributed by atoms with Crippen molar-refractivity contribution in [2.75, 3.05) is 26.2 Å². The maximum absolute atomic E-state index is 10.8. The van der Waals surface area contributed by atoms with E-state index in [9.17, 15) is 5.11 Å². The molecule has 150 valence electrons. The molecule has 3 heterocycles. The Labute approximate surface area is 168 Å². The second-order valence-corrected chi connectivity index (χ2v) is 9.18. The number of likely N-dealkylation sites (tertiary alicyclic amines) is 2. The third-order valence-corrected chi connectivity index (χ3v) is 7.51. The Hall–Kier alpha value is -1.49. The normalized spacial score (nSPS) is 28.5. The first-order valence-electron chi connectivity index (χ1n) is 11.3. The molecular weight excluding hydrogens is 346 g/mol. The second-order valence-electron chi connectivity index (χ2n) is 9.18. The largest absolute Gasteiger partial charge is 0.391 e. The molecule has 0 unspecified atom stereocenters. The molecule has 1 aliphatic carbocycles. The lowest BCUT2D eigenvalue weighted by atomic mass is 9.94. The van der Waals surface area contributed by atoms with Crippen molar-refractivity contribution >= 4 is 10.9 Å². The first-order valence-corrected chi connectivity index (χ1v) is 11.3. The predicted octanol–water partition coefficient (Wildman–Crippen LogP) is 3.48. The fourth-order valence-electron chi connectivity index (χ4n) is 5.89. The monoisotopic (exact) mass is 379 g/mol. The van der Waals surface area contributed by atoms with Crippen LogP contribution in [0.1, 0.15) is 44.1 Å². The maximum atomic E-state index is 10.8. The molecule has 3 fully saturated rings. The molecule has 1 N–H and O–H groups in total. The molecular formula is C24H33N3O. The molecule has 0 bridgehead atoms. The lowest BCUT2D eigenvalue weighted by molar-refractivity contribution is 0.0871. The fourth-order valence-corrected chi connectivity index (χ4v) is 5.89. The number of nitrogens with zero attached hydrogens (tertiary/aromatic N) is 3. The minimum absolute atomic E-state index is 0.209. The summed E-state index contributed by atoms with van der Waals surface area (Å²) in [5, 5.41) is 12.0. The third-order valence-electron chi connectivity index (χ3n) is 7.51. The van der Waals surface area contributed by atoms with E-state index in [-0.39, 0.29) is 6.10 Å². The molecule has 2 saturated heterocycles. The van der Waals surface area contributed by atoms with E-state index in [4.69, 9.17) is 0 Å². The number of aliphatic hydroxyl groups excluding tert-OH is 1. The number of rotatable bonds is 4. The van der Waals surface area contributed by atoms with Crippen LogP contribution in [0.4, 0.5) is 0 Å². The van der Waals surface area contributed by atoms with Gasteiger partial charge in [0.25, 0.3) is 0 Å². The number of hydrogen-bond donors (Lipinski definition) is 1. The van der Waals surface area contributed by atoms with Crippen LogP contribution < -0.4 is 0 Å². The highest BCUT2D eigenvalue weighted by Gasteiger charge is 2.37. The van der Waals surface area contributed by atoms with Gasteiger partial charge in [0.2, 0.25) is 0 Å². The Bertz CT molecular complexity index is 790. The predicted molar refractivity (Wildman–Crippen MR) is 113 cm³/mol.